The summed E-state index contributed by atoms with van der Waals surface area (Å²) in [6.07, 6.45) is 8.78. The van der Waals surface area contributed by atoms with Crippen LogP contribution < -0.4 is 4.74 Å². The molecule has 1 aromatic heterocycles. The molecule has 0 aromatic carbocycles. The van der Waals surface area contributed by atoms with Crippen LogP contribution in [0.5, 0.6) is 5.75 Å². The maximum Gasteiger partial charge on any atom is 0.248 e. The van der Waals surface area contributed by atoms with E-state index in [0.717, 1.165) is 38.0 Å². The van der Waals surface area contributed by atoms with E-state index >= 15 is 0 Å². The van der Waals surface area contributed by atoms with Gasteiger partial charge in [0.2, 0.25) is 5.91 Å². The van der Waals surface area contributed by atoms with E-state index in [-0.39, 0.29) is 24.7 Å². The Kier molecular flexibility index (Phi) is 6.43. The van der Waals surface area contributed by atoms with Crippen molar-refractivity contribution in [3.8, 4) is 5.75 Å². The smallest absolute Gasteiger partial charge is 0.248 e. The highest BCUT2D eigenvalue weighted by molar-refractivity contribution is 5.77. The Bertz CT molecular complexity index is 497. The number of likely N-dealkylation sites (tertiary alicyclic amines) is 1. The fourth-order valence-electron chi connectivity index (χ4n) is 3.14. The lowest BCUT2D eigenvalue weighted by Gasteiger charge is -2.32. The Labute approximate surface area is 143 Å². The summed E-state index contributed by atoms with van der Waals surface area (Å²) in [7, 11) is 0. The van der Waals surface area contributed by atoms with Crippen LogP contribution in [0, 0.1) is 0 Å². The molecule has 6 heteroatoms. The second-order valence-corrected chi connectivity index (χ2v) is 6.39. The summed E-state index contributed by atoms with van der Waals surface area (Å²) in [5, 5.41) is 0. The SMILES string of the molecule is O=C(COCC1CCCCO1)N1CCC(Oc2cccnc2)CC1. The fraction of sp³-hybridized carbons (Fsp3) is 0.667. The summed E-state index contributed by atoms with van der Waals surface area (Å²) in [5.41, 5.74) is 0. The molecule has 0 bridgehead atoms. The van der Waals surface area contributed by atoms with Crippen LogP contribution in [0.2, 0.25) is 0 Å². The lowest BCUT2D eigenvalue weighted by molar-refractivity contribution is -0.140. The molecular formula is C18H26N2O4. The standard InChI is InChI=1S/C18H26N2O4/c21-18(14-22-13-17-4-1-2-11-23-17)20-9-6-15(7-10-20)24-16-5-3-8-19-12-16/h3,5,8,12,15,17H,1-2,4,6-7,9-11,13-14H2. The van der Waals surface area contributed by atoms with E-state index in [1.807, 2.05) is 17.0 Å². The van der Waals surface area contributed by atoms with Crippen LogP contribution in [0.4, 0.5) is 0 Å². The van der Waals surface area contributed by atoms with Gasteiger partial charge in [-0.25, -0.2) is 0 Å². The molecular weight excluding hydrogens is 308 g/mol. The lowest BCUT2D eigenvalue weighted by Crippen LogP contribution is -2.43. The molecule has 6 nitrogen and oxygen atoms in total. The topological polar surface area (TPSA) is 60.9 Å². The zero-order valence-electron chi connectivity index (χ0n) is 14.1. The summed E-state index contributed by atoms with van der Waals surface area (Å²) in [5.74, 6) is 0.851. The van der Waals surface area contributed by atoms with E-state index in [1.165, 1.54) is 6.42 Å². The van der Waals surface area contributed by atoms with Crippen molar-refractivity contribution in [2.75, 3.05) is 32.9 Å². The number of carbonyl (C=O) groups is 1. The van der Waals surface area contributed by atoms with Gasteiger partial charge in [0.05, 0.1) is 18.9 Å². The number of aromatic nitrogens is 1. The van der Waals surface area contributed by atoms with Gasteiger partial charge < -0.3 is 19.1 Å². The maximum absolute atomic E-state index is 12.2. The quantitative estimate of drug-likeness (QED) is 0.797. The van der Waals surface area contributed by atoms with Gasteiger partial charge in [0.1, 0.15) is 18.5 Å². The summed E-state index contributed by atoms with van der Waals surface area (Å²) in [4.78, 5) is 18.1. The summed E-state index contributed by atoms with van der Waals surface area (Å²) < 4.78 is 17.1. The second kappa shape index (κ2) is 8.99. The zero-order chi connectivity index (χ0) is 16.6. The highest BCUT2D eigenvalue weighted by atomic mass is 16.5. The predicted octanol–water partition coefficient (Wildman–Crippen LogP) is 2.04. The average Bonchev–Trinajstić information content (AvgIpc) is 2.64. The van der Waals surface area contributed by atoms with Crippen LogP contribution in [0.25, 0.3) is 0 Å². The fourth-order valence-corrected chi connectivity index (χ4v) is 3.14. The van der Waals surface area contributed by atoms with Gasteiger partial charge in [-0.3, -0.25) is 9.78 Å². The number of carbonyl (C=O) groups excluding carboxylic acids is 1. The minimum atomic E-state index is 0.0608. The highest BCUT2D eigenvalue weighted by Crippen LogP contribution is 2.18. The molecule has 132 valence electrons. The van der Waals surface area contributed by atoms with Gasteiger partial charge in [-0.15, -0.1) is 0 Å². The van der Waals surface area contributed by atoms with Gasteiger partial charge in [-0.05, 0) is 31.4 Å². The monoisotopic (exact) mass is 334 g/mol. The first-order chi connectivity index (χ1) is 11.8. The van der Waals surface area contributed by atoms with Crippen LogP contribution in [-0.4, -0.2) is 60.9 Å². The number of piperidine rings is 1. The molecule has 0 saturated carbocycles. The van der Waals surface area contributed by atoms with Crippen molar-refractivity contribution in [3.05, 3.63) is 24.5 Å². The summed E-state index contributed by atoms with van der Waals surface area (Å²) in [6, 6.07) is 3.77. The first kappa shape index (κ1) is 17.2. The largest absolute Gasteiger partial charge is 0.489 e. The molecule has 1 atom stereocenters. The van der Waals surface area contributed by atoms with Crippen LogP contribution >= 0.6 is 0 Å². The number of ether oxygens (including phenoxy) is 3. The molecule has 2 aliphatic heterocycles. The molecule has 1 unspecified atom stereocenters. The van der Waals surface area contributed by atoms with E-state index in [9.17, 15) is 4.79 Å². The Morgan fingerprint density at radius 1 is 1.29 bits per heavy atom. The van der Waals surface area contributed by atoms with Crippen LogP contribution in [-0.2, 0) is 14.3 Å². The van der Waals surface area contributed by atoms with Crippen LogP contribution in [0.1, 0.15) is 32.1 Å². The molecule has 3 heterocycles. The van der Waals surface area contributed by atoms with Crippen LogP contribution in [0.15, 0.2) is 24.5 Å². The molecule has 1 aromatic rings. The Morgan fingerprint density at radius 3 is 2.88 bits per heavy atom. The summed E-state index contributed by atoms with van der Waals surface area (Å²) in [6.45, 7) is 2.91. The van der Waals surface area contributed by atoms with E-state index in [4.69, 9.17) is 14.2 Å². The zero-order valence-corrected chi connectivity index (χ0v) is 14.1. The minimum Gasteiger partial charge on any atom is -0.489 e. The Balaban J connectivity index is 1.32. The molecule has 3 rings (SSSR count). The number of nitrogens with zero attached hydrogens (tertiary/aromatic N) is 2. The van der Waals surface area contributed by atoms with E-state index < -0.39 is 0 Å². The molecule has 0 N–H and O–H groups in total. The number of pyridine rings is 1. The third kappa shape index (κ3) is 5.18. The predicted molar refractivity (Wildman–Crippen MR) is 88.9 cm³/mol. The Morgan fingerprint density at radius 2 is 2.17 bits per heavy atom. The van der Waals surface area contributed by atoms with Crippen molar-refractivity contribution < 1.29 is 19.0 Å². The average molecular weight is 334 g/mol. The third-order valence-corrected chi connectivity index (χ3v) is 4.54. The van der Waals surface area contributed by atoms with Gasteiger partial charge in [-0.1, -0.05) is 0 Å². The number of hydrogen-bond acceptors (Lipinski definition) is 5. The summed E-state index contributed by atoms with van der Waals surface area (Å²) >= 11 is 0. The van der Waals surface area contributed by atoms with Gasteiger partial charge in [0, 0.05) is 38.7 Å². The number of rotatable bonds is 6. The highest BCUT2D eigenvalue weighted by Gasteiger charge is 2.24. The van der Waals surface area contributed by atoms with Gasteiger partial charge >= 0.3 is 0 Å². The molecule has 0 spiro atoms. The van der Waals surface area contributed by atoms with Gasteiger partial charge in [-0.2, -0.15) is 0 Å². The van der Waals surface area contributed by atoms with E-state index in [2.05, 4.69) is 4.98 Å². The first-order valence-electron chi connectivity index (χ1n) is 8.85. The van der Waals surface area contributed by atoms with E-state index in [1.54, 1.807) is 12.4 Å². The molecule has 0 aliphatic carbocycles. The van der Waals surface area contributed by atoms with Crippen molar-refractivity contribution in [1.29, 1.82) is 0 Å². The van der Waals surface area contributed by atoms with Crippen molar-refractivity contribution in [3.63, 3.8) is 0 Å². The third-order valence-electron chi connectivity index (χ3n) is 4.54. The first-order valence-corrected chi connectivity index (χ1v) is 8.85. The molecule has 2 aliphatic rings. The molecule has 24 heavy (non-hydrogen) atoms. The molecule has 1 amide bonds. The number of hydrogen-bond donors (Lipinski definition) is 0. The lowest BCUT2D eigenvalue weighted by atomic mass is 10.1. The van der Waals surface area contributed by atoms with Crippen molar-refractivity contribution in [1.82, 2.24) is 9.88 Å². The minimum absolute atomic E-state index is 0.0608. The molecule has 2 saturated heterocycles. The normalized spacial score (nSPS) is 22.3. The molecule has 0 radical (unpaired) electrons. The van der Waals surface area contributed by atoms with Gasteiger partial charge in [0.25, 0.3) is 0 Å². The van der Waals surface area contributed by atoms with E-state index in [0.29, 0.717) is 19.7 Å². The number of amides is 1. The van der Waals surface area contributed by atoms with Crippen molar-refractivity contribution in [2.24, 2.45) is 0 Å². The second-order valence-electron chi connectivity index (χ2n) is 6.39. The van der Waals surface area contributed by atoms with Crippen molar-refractivity contribution >= 4 is 5.91 Å². The van der Waals surface area contributed by atoms with Crippen LogP contribution in [0.3, 0.4) is 0 Å². The van der Waals surface area contributed by atoms with Crippen molar-refractivity contribution in [2.45, 2.75) is 44.3 Å². The molecule has 2 fully saturated rings. The maximum atomic E-state index is 12.2. The Hall–Kier alpha value is -1.66. The van der Waals surface area contributed by atoms with Gasteiger partial charge in [0.15, 0.2) is 0 Å².